The van der Waals surface area contributed by atoms with Crippen LogP contribution in [0.25, 0.3) is 10.9 Å². The second kappa shape index (κ2) is 7.40. The molecule has 25 heavy (non-hydrogen) atoms. The number of nitrogens with one attached hydrogen (secondary N) is 2. The van der Waals surface area contributed by atoms with E-state index in [1.807, 2.05) is 6.07 Å². The fraction of sp³-hybridized carbons (Fsp3) is 0.167. The Kier molecular flexibility index (Phi) is 5.04. The van der Waals surface area contributed by atoms with E-state index in [4.69, 9.17) is 4.74 Å². The second-order valence-electron chi connectivity index (χ2n) is 5.37. The van der Waals surface area contributed by atoms with Crippen molar-refractivity contribution in [2.75, 3.05) is 12.4 Å². The third-order valence-electron chi connectivity index (χ3n) is 3.59. The molecule has 128 valence electrons. The number of para-hydroxylation sites is 1. The molecule has 0 aliphatic heterocycles. The van der Waals surface area contributed by atoms with Crippen molar-refractivity contribution >= 4 is 34.3 Å². The summed E-state index contributed by atoms with van der Waals surface area (Å²) in [4.78, 5) is 31.6. The third-order valence-corrected chi connectivity index (χ3v) is 4.57. The predicted molar refractivity (Wildman–Crippen MR) is 99.3 cm³/mol. The summed E-state index contributed by atoms with van der Waals surface area (Å²) in [5.41, 5.74) is 1.04. The average Bonchev–Trinajstić information content (AvgIpc) is 2.62. The number of nitrogens with zero attached hydrogens (tertiary/aromatic N) is 1. The first-order valence-electron chi connectivity index (χ1n) is 7.67. The van der Waals surface area contributed by atoms with Gasteiger partial charge in [-0.15, -0.1) is 0 Å². The Bertz CT molecular complexity index is 971. The van der Waals surface area contributed by atoms with Gasteiger partial charge in [-0.1, -0.05) is 30.0 Å². The van der Waals surface area contributed by atoms with Crippen LogP contribution in [0, 0.1) is 0 Å². The van der Waals surface area contributed by atoms with Crippen LogP contribution in [0.2, 0.25) is 0 Å². The number of aromatic nitrogens is 2. The van der Waals surface area contributed by atoms with Gasteiger partial charge in [0.2, 0.25) is 5.91 Å². The highest BCUT2D eigenvalue weighted by Gasteiger charge is 2.17. The number of fused-ring (bicyclic) bond motifs is 1. The van der Waals surface area contributed by atoms with Gasteiger partial charge >= 0.3 is 0 Å². The van der Waals surface area contributed by atoms with E-state index in [0.717, 1.165) is 0 Å². The molecule has 1 unspecified atom stereocenters. The number of hydrogen-bond acceptors (Lipinski definition) is 5. The molecule has 0 fully saturated rings. The molecule has 1 amide bonds. The number of thioether (sulfide) groups is 1. The van der Waals surface area contributed by atoms with Gasteiger partial charge in [0.1, 0.15) is 5.75 Å². The maximum atomic E-state index is 12.4. The minimum Gasteiger partial charge on any atom is -0.497 e. The molecule has 0 aliphatic carbocycles. The van der Waals surface area contributed by atoms with Crippen molar-refractivity contribution in [1.82, 2.24) is 9.97 Å². The number of benzene rings is 2. The molecule has 0 saturated carbocycles. The lowest BCUT2D eigenvalue weighted by Crippen LogP contribution is -2.23. The van der Waals surface area contributed by atoms with Gasteiger partial charge in [0.05, 0.1) is 23.3 Å². The standard InChI is InChI=1S/C18H17N3O3S/c1-11(16(22)19-12-6-5-7-13(10-12)24-2)25-18-20-15-9-4-3-8-14(15)17(23)21-18/h3-11H,1-2H3,(H,19,22)(H,20,21,23). The van der Waals surface area contributed by atoms with Gasteiger partial charge in [0.25, 0.3) is 5.56 Å². The number of H-pyrrole nitrogens is 1. The Hall–Kier alpha value is -2.80. The van der Waals surface area contributed by atoms with Gasteiger partial charge in [-0.2, -0.15) is 0 Å². The molecule has 1 heterocycles. The fourth-order valence-corrected chi connectivity index (χ4v) is 3.09. The summed E-state index contributed by atoms with van der Waals surface area (Å²) in [6, 6.07) is 14.2. The van der Waals surface area contributed by atoms with E-state index in [0.29, 0.717) is 27.5 Å². The summed E-state index contributed by atoms with van der Waals surface area (Å²) in [6.07, 6.45) is 0. The smallest absolute Gasteiger partial charge is 0.259 e. The molecule has 0 saturated heterocycles. The minimum absolute atomic E-state index is 0.186. The normalized spacial score (nSPS) is 11.9. The fourth-order valence-electron chi connectivity index (χ4n) is 2.29. The van der Waals surface area contributed by atoms with E-state index >= 15 is 0 Å². The average molecular weight is 355 g/mol. The summed E-state index contributed by atoms with van der Waals surface area (Å²) in [6.45, 7) is 1.76. The molecular weight excluding hydrogens is 338 g/mol. The van der Waals surface area contributed by atoms with Gasteiger partial charge in [-0.25, -0.2) is 4.98 Å². The predicted octanol–water partition coefficient (Wildman–Crippen LogP) is 3.05. The molecule has 2 aromatic carbocycles. The van der Waals surface area contributed by atoms with E-state index < -0.39 is 5.25 Å². The number of ether oxygens (including phenoxy) is 1. The summed E-state index contributed by atoms with van der Waals surface area (Å²) in [7, 11) is 1.57. The second-order valence-corrected chi connectivity index (χ2v) is 6.70. The van der Waals surface area contributed by atoms with Crippen LogP contribution in [0.4, 0.5) is 5.69 Å². The zero-order valence-corrected chi connectivity index (χ0v) is 14.6. The highest BCUT2D eigenvalue weighted by Crippen LogP contribution is 2.22. The molecule has 6 nitrogen and oxygen atoms in total. The molecule has 0 bridgehead atoms. The Morgan fingerprint density at radius 1 is 1.24 bits per heavy atom. The first kappa shape index (κ1) is 17.0. The molecule has 2 N–H and O–H groups in total. The lowest BCUT2D eigenvalue weighted by Gasteiger charge is -2.12. The summed E-state index contributed by atoms with van der Waals surface area (Å²) in [5.74, 6) is 0.479. The SMILES string of the molecule is COc1cccc(NC(=O)C(C)Sc2nc3ccccc3c(=O)[nH]2)c1. The zero-order valence-electron chi connectivity index (χ0n) is 13.8. The van der Waals surface area contributed by atoms with Crippen molar-refractivity contribution in [1.29, 1.82) is 0 Å². The van der Waals surface area contributed by atoms with E-state index in [2.05, 4.69) is 15.3 Å². The topological polar surface area (TPSA) is 84.1 Å². The van der Waals surface area contributed by atoms with E-state index in [1.54, 1.807) is 56.5 Å². The Labute approximate surface area is 148 Å². The highest BCUT2D eigenvalue weighted by atomic mass is 32.2. The maximum absolute atomic E-state index is 12.4. The van der Waals surface area contributed by atoms with Crippen LogP contribution >= 0.6 is 11.8 Å². The molecular formula is C18H17N3O3S. The molecule has 0 aliphatic rings. The van der Waals surface area contributed by atoms with E-state index in [-0.39, 0.29) is 11.5 Å². The van der Waals surface area contributed by atoms with Gasteiger partial charge in [0.15, 0.2) is 5.16 Å². The van der Waals surface area contributed by atoms with Crippen LogP contribution < -0.4 is 15.6 Å². The number of amides is 1. The van der Waals surface area contributed by atoms with Crippen LogP contribution in [0.5, 0.6) is 5.75 Å². The third kappa shape index (κ3) is 4.00. The number of hydrogen-bond donors (Lipinski definition) is 2. The number of anilines is 1. The van der Waals surface area contributed by atoms with Crippen molar-refractivity contribution in [3.05, 3.63) is 58.9 Å². The summed E-state index contributed by atoms with van der Waals surface area (Å²) < 4.78 is 5.14. The molecule has 3 aromatic rings. The van der Waals surface area contributed by atoms with Crippen LogP contribution in [0.1, 0.15) is 6.92 Å². The quantitative estimate of drug-likeness (QED) is 0.543. The Balaban J connectivity index is 1.74. The first-order valence-corrected chi connectivity index (χ1v) is 8.55. The van der Waals surface area contributed by atoms with Gasteiger partial charge in [-0.05, 0) is 31.2 Å². The van der Waals surface area contributed by atoms with Crippen LogP contribution in [0.15, 0.2) is 58.5 Å². The minimum atomic E-state index is -0.435. The molecule has 3 rings (SSSR count). The van der Waals surface area contributed by atoms with Gasteiger partial charge < -0.3 is 15.0 Å². The molecule has 0 radical (unpaired) electrons. The summed E-state index contributed by atoms with van der Waals surface area (Å²) in [5, 5.41) is 3.34. The largest absolute Gasteiger partial charge is 0.497 e. The molecule has 0 spiro atoms. The maximum Gasteiger partial charge on any atom is 0.259 e. The van der Waals surface area contributed by atoms with Crippen molar-refractivity contribution in [2.24, 2.45) is 0 Å². The first-order chi connectivity index (χ1) is 12.1. The molecule has 7 heteroatoms. The van der Waals surface area contributed by atoms with Crippen molar-refractivity contribution in [2.45, 2.75) is 17.3 Å². The highest BCUT2D eigenvalue weighted by molar-refractivity contribution is 8.00. The monoisotopic (exact) mass is 355 g/mol. The number of carbonyl (C=O) groups is 1. The number of aromatic amines is 1. The van der Waals surface area contributed by atoms with Crippen molar-refractivity contribution in [3.8, 4) is 5.75 Å². The lowest BCUT2D eigenvalue weighted by atomic mass is 10.2. The van der Waals surface area contributed by atoms with Gasteiger partial charge in [0, 0.05) is 11.8 Å². The van der Waals surface area contributed by atoms with E-state index in [1.165, 1.54) is 11.8 Å². The van der Waals surface area contributed by atoms with Gasteiger partial charge in [-0.3, -0.25) is 9.59 Å². The number of rotatable bonds is 5. The van der Waals surface area contributed by atoms with Crippen molar-refractivity contribution in [3.63, 3.8) is 0 Å². The zero-order chi connectivity index (χ0) is 17.8. The molecule has 1 aromatic heterocycles. The van der Waals surface area contributed by atoms with Crippen LogP contribution in [0.3, 0.4) is 0 Å². The van der Waals surface area contributed by atoms with E-state index in [9.17, 15) is 9.59 Å². The Morgan fingerprint density at radius 2 is 2.04 bits per heavy atom. The van der Waals surface area contributed by atoms with Crippen LogP contribution in [-0.2, 0) is 4.79 Å². The Morgan fingerprint density at radius 3 is 2.84 bits per heavy atom. The molecule has 1 atom stereocenters. The van der Waals surface area contributed by atoms with Crippen molar-refractivity contribution < 1.29 is 9.53 Å². The lowest BCUT2D eigenvalue weighted by molar-refractivity contribution is -0.115. The van der Waals surface area contributed by atoms with Crippen LogP contribution in [-0.4, -0.2) is 28.2 Å². The number of methoxy groups -OCH3 is 1. The summed E-state index contributed by atoms with van der Waals surface area (Å²) >= 11 is 1.20. The number of carbonyl (C=O) groups excluding carboxylic acids is 1.